The van der Waals surface area contributed by atoms with Gasteiger partial charge in [-0.2, -0.15) is 5.10 Å². The van der Waals surface area contributed by atoms with Gasteiger partial charge in [-0.25, -0.2) is 13.4 Å². The minimum absolute atomic E-state index is 0.210. The molecule has 0 aliphatic rings. The summed E-state index contributed by atoms with van der Waals surface area (Å²) in [5.74, 6) is 0.552. The van der Waals surface area contributed by atoms with Gasteiger partial charge in [0.05, 0.1) is 11.9 Å². The average molecular weight is 375 g/mol. The van der Waals surface area contributed by atoms with Crippen molar-refractivity contribution < 1.29 is 8.42 Å². The molecule has 26 heavy (non-hydrogen) atoms. The predicted octanol–water partition coefficient (Wildman–Crippen LogP) is 1.57. The molecule has 0 saturated heterocycles. The summed E-state index contributed by atoms with van der Waals surface area (Å²) in [6.45, 7) is 2.06. The maximum Gasteiger partial charge on any atom is 0.277 e. The van der Waals surface area contributed by atoms with Gasteiger partial charge < -0.3 is 4.98 Å². The predicted molar refractivity (Wildman–Crippen MR) is 101 cm³/mol. The van der Waals surface area contributed by atoms with Crippen molar-refractivity contribution >= 4 is 26.7 Å². The third-order valence-electron chi connectivity index (χ3n) is 3.93. The molecule has 0 bridgehead atoms. The molecule has 2 heterocycles. The zero-order valence-corrected chi connectivity index (χ0v) is 15.7. The summed E-state index contributed by atoms with van der Waals surface area (Å²) in [6.07, 6.45) is 3.22. The lowest BCUT2D eigenvalue weighted by Gasteiger charge is -2.06. The maximum atomic E-state index is 12.4. The highest BCUT2D eigenvalue weighted by atomic mass is 32.2. The Morgan fingerprint density at radius 3 is 2.54 bits per heavy atom. The van der Waals surface area contributed by atoms with Crippen LogP contribution in [0.1, 0.15) is 30.4 Å². The zero-order valence-electron chi connectivity index (χ0n) is 14.9. The summed E-state index contributed by atoms with van der Waals surface area (Å²) in [7, 11) is -1.56. The van der Waals surface area contributed by atoms with Crippen molar-refractivity contribution in [2.24, 2.45) is 7.05 Å². The van der Waals surface area contributed by atoms with Crippen molar-refractivity contribution in [2.75, 3.05) is 11.0 Å². The molecule has 0 aliphatic heterocycles. The van der Waals surface area contributed by atoms with Crippen molar-refractivity contribution in [1.29, 1.82) is 0 Å². The highest BCUT2D eigenvalue weighted by molar-refractivity contribution is 7.92. The normalized spacial score (nSPS) is 11.8. The van der Waals surface area contributed by atoms with Crippen molar-refractivity contribution in [3.05, 3.63) is 51.7 Å². The maximum absolute atomic E-state index is 12.4. The zero-order chi connectivity index (χ0) is 18.9. The van der Waals surface area contributed by atoms with Crippen LogP contribution in [0.25, 0.3) is 11.0 Å². The number of benzene rings is 1. The fraction of sp³-hybridized carbons (Fsp3) is 0.353. The summed E-state index contributed by atoms with van der Waals surface area (Å²) < 4.78 is 26.5. The highest BCUT2D eigenvalue weighted by Crippen LogP contribution is 2.16. The van der Waals surface area contributed by atoms with E-state index in [0.717, 1.165) is 30.4 Å². The Kier molecular flexibility index (Phi) is 4.82. The molecule has 0 aliphatic carbocycles. The Morgan fingerprint density at radius 2 is 1.92 bits per heavy atom. The number of aromatic nitrogens is 4. The van der Waals surface area contributed by atoms with Gasteiger partial charge in [0.25, 0.3) is 5.56 Å². The molecular formula is C17H21N5O3S. The molecule has 0 atom stereocenters. The standard InChI is InChI=1S/C17H21N5O3S/c1-4-5-13-15-16(22(2)20-13)17(23)19-14(18-15)10-11-6-8-12(9-7-11)21-26(3,24)25/h6-9,21H,4-5,10H2,1-3H3,(H,18,19,23). The molecule has 9 heteroatoms. The van der Waals surface area contributed by atoms with E-state index in [-0.39, 0.29) is 5.56 Å². The van der Waals surface area contributed by atoms with Crippen LogP contribution in [-0.4, -0.2) is 34.4 Å². The summed E-state index contributed by atoms with van der Waals surface area (Å²) >= 11 is 0. The van der Waals surface area contributed by atoms with E-state index in [9.17, 15) is 13.2 Å². The first-order chi connectivity index (χ1) is 12.3. The van der Waals surface area contributed by atoms with Gasteiger partial charge in [0.15, 0.2) is 5.52 Å². The number of hydrogen-bond donors (Lipinski definition) is 2. The average Bonchev–Trinajstić information content (AvgIpc) is 2.85. The number of hydrogen-bond acceptors (Lipinski definition) is 5. The Balaban J connectivity index is 1.91. The Bertz CT molecular complexity index is 1100. The Hall–Kier alpha value is -2.68. The molecule has 2 aromatic heterocycles. The number of aromatic amines is 1. The molecular weight excluding hydrogens is 354 g/mol. The van der Waals surface area contributed by atoms with Crippen LogP contribution in [0.3, 0.4) is 0 Å². The summed E-state index contributed by atoms with van der Waals surface area (Å²) in [5, 5.41) is 4.40. The second-order valence-electron chi connectivity index (χ2n) is 6.28. The van der Waals surface area contributed by atoms with Crippen molar-refractivity contribution in [3.63, 3.8) is 0 Å². The minimum Gasteiger partial charge on any atom is -0.308 e. The van der Waals surface area contributed by atoms with E-state index in [0.29, 0.717) is 29.0 Å². The summed E-state index contributed by atoms with van der Waals surface area (Å²) in [6, 6.07) is 6.96. The fourth-order valence-electron chi connectivity index (χ4n) is 2.88. The molecule has 0 spiro atoms. The fourth-order valence-corrected chi connectivity index (χ4v) is 3.44. The van der Waals surface area contributed by atoms with E-state index in [1.807, 2.05) is 0 Å². The Morgan fingerprint density at radius 1 is 1.23 bits per heavy atom. The van der Waals surface area contributed by atoms with Gasteiger partial charge in [0.2, 0.25) is 10.0 Å². The molecule has 0 fully saturated rings. The molecule has 8 nitrogen and oxygen atoms in total. The van der Waals surface area contributed by atoms with E-state index in [1.165, 1.54) is 0 Å². The first-order valence-electron chi connectivity index (χ1n) is 8.28. The third-order valence-corrected chi connectivity index (χ3v) is 4.53. The number of H-pyrrole nitrogens is 1. The van der Waals surface area contributed by atoms with Crippen molar-refractivity contribution in [2.45, 2.75) is 26.2 Å². The van der Waals surface area contributed by atoms with E-state index in [2.05, 4.69) is 26.7 Å². The monoisotopic (exact) mass is 375 g/mol. The van der Waals surface area contributed by atoms with Gasteiger partial charge in [0.1, 0.15) is 11.3 Å². The van der Waals surface area contributed by atoms with Crippen LogP contribution in [0, 0.1) is 0 Å². The molecule has 0 amide bonds. The smallest absolute Gasteiger partial charge is 0.277 e. The van der Waals surface area contributed by atoms with E-state index < -0.39 is 10.0 Å². The van der Waals surface area contributed by atoms with Crippen LogP contribution in [0.5, 0.6) is 0 Å². The van der Waals surface area contributed by atoms with Crippen LogP contribution in [0.4, 0.5) is 5.69 Å². The molecule has 2 N–H and O–H groups in total. The third kappa shape index (κ3) is 3.93. The molecule has 3 aromatic rings. The summed E-state index contributed by atoms with van der Waals surface area (Å²) in [4.78, 5) is 19.8. The second-order valence-corrected chi connectivity index (χ2v) is 8.03. The number of anilines is 1. The quantitative estimate of drug-likeness (QED) is 0.680. The van der Waals surface area contributed by atoms with Crippen molar-refractivity contribution in [3.8, 4) is 0 Å². The molecule has 0 radical (unpaired) electrons. The topological polar surface area (TPSA) is 110 Å². The molecule has 0 saturated carbocycles. The van der Waals surface area contributed by atoms with Gasteiger partial charge >= 0.3 is 0 Å². The number of aryl methyl sites for hydroxylation is 2. The minimum atomic E-state index is -3.31. The van der Waals surface area contributed by atoms with Gasteiger partial charge in [-0.15, -0.1) is 0 Å². The van der Waals surface area contributed by atoms with Crippen LogP contribution in [0.15, 0.2) is 29.1 Å². The van der Waals surface area contributed by atoms with Crippen LogP contribution < -0.4 is 10.3 Å². The lowest BCUT2D eigenvalue weighted by molar-refractivity contribution is 0.607. The Labute approximate surface area is 151 Å². The number of rotatable bonds is 6. The first-order valence-corrected chi connectivity index (χ1v) is 10.2. The van der Waals surface area contributed by atoms with Crippen molar-refractivity contribution in [1.82, 2.24) is 19.7 Å². The van der Waals surface area contributed by atoms with E-state index in [4.69, 9.17) is 0 Å². The lowest BCUT2D eigenvalue weighted by atomic mass is 10.1. The number of nitrogens with one attached hydrogen (secondary N) is 2. The van der Waals surface area contributed by atoms with Crippen LogP contribution >= 0.6 is 0 Å². The van der Waals surface area contributed by atoms with Gasteiger partial charge in [-0.3, -0.25) is 14.2 Å². The molecule has 1 aromatic carbocycles. The van der Waals surface area contributed by atoms with E-state index in [1.54, 1.807) is 36.0 Å². The van der Waals surface area contributed by atoms with Gasteiger partial charge in [-0.05, 0) is 24.1 Å². The number of nitrogens with zero attached hydrogens (tertiary/aromatic N) is 3. The van der Waals surface area contributed by atoms with Gasteiger partial charge in [0, 0.05) is 19.2 Å². The second kappa shape index (κ2) is 6.91. The summed E-state index contributed by atoms with van der Waals surface area (Å²) in [5.41, 5.74) is 3.13. The van der Waals surface area contributed by atoms with Crippen LogP contribution in [0.2, 0.25) is 0 Å². The number of fused-ring (bicyclic) bond motifs is 1. The van der Waals surface area contributed by atoms with E-state index >= 15 is 0 Å². The largest absolute Gasteiger partial charge is 0.308 e. The SMILES string of the molecule is CCCc1nn(C)c2c(=O)[nH]c(Cc3ccc(NS(C)(=O)=O)cc3)nc12. The van der Waals surface area contributed by atoms with Crippen LogP contribution in [-0.2, 0) is 29.9 Å². The molecule has 138 valence electrons. The van der Waals surface area contributed by atoms with Gasteiger partial charge in [-0.1, -0.05) is 25.5 Å². The molecule has 0 unspecified atom stereocenters. The number of sulfonamides is 1. The molecule has 3 rings (SSSR count). The first kappa shape index (κ1) is 18.1. The highest BCUT2D eigenvalue weighted by Gasteiger charge is 2.14. The lowest BCUT2D eigenvalue weighted by Crippen LogP contribution is -2.14.